The first-order valence-corrected chi connectivity index (χ1v) is 7.98. The number of fused-ring (bicyclic) bond motifs is 1. The Morgan fingerprint density at radius 1 is 1.56 bits per heavy atom. The van der Waals surface area contributed by atoms with Gasteiger partial charge in [0.1, 0.15) is 5.52 Å². The van der Waals surface area contributed by atoms with Crippen molar-refractivity contribution in [3.63, 3.8) is 0 Å². The Morgan fingerprint density at radius 2 is 2.33 bits per heavy atom. The highest BCUT2D eigenvalue weighted by Gasteiger charge is 2.37. The lowest BCUT2D eigenvalue weighted by molar-refractivity contribution is 0.326. The summed E-state index contributed by atoms with van der Waals surface area (Å²) in [6.07, 6.45) is 7.80. The van der Waals surface area contributed by atoms with Gasteiger partial charge in [0.2, 0.25) is 5.95 Å². The van der Waals surface area contributed by atoms with Crippen LogP contribution in [0, 0.1) is 0 Å². The second-order valence-electron chi connectivity index (χ2n) is 4.79. The molecule has 2 aromatic rings. The van der Waals surface area contributed by atoms with Gasteiger partial charge in [-0.1, -0.05) is 6.42 Å². The van der Waals surface area contributed by atoms with E-state index in [4.69, 9.17) is 5.73 Å². The van der Waals surface area contributed by atoms with E-state index in [1.807, 2.05) is 17.8 Å². The molecule has 4 nitrogen and oxygen atoms in total. The fourth-order valence-corrected chi connectivity index (χ4v) is 3.72. The van der Waals surface area contributed by atoms with Crippen LogP contribution in [0.2, 0.25) is 0 Å². The third kappa shape index (κ3) is 1.91. The van der Waals surface area contributed by atoms with Gasteiger partial charge in [-0.15, -0.1) is 0 Å². The van der Waals surface area contributed by atoms with Crippen molar-refractivity contribution in [1.82, 2.24) is 14.5 Å². The van der Waals surface area contributed by atoms with Gasteiger partial charge in [-0.3, -0.25) is 4.57 Å². The molecule has 0 spiro atoms. The smallest absolute Gasteiger partial charge is 0.202 e. The lowest BCUT2D eigenvalue weighted by Gasteiger charge is -2.40. The van der Waals surface area contributed by atoms with Gasteiger partial charge >= 0.3 is 0 Å². The largest absolute Gasteiger partial charge is 0.369 e. The molecule has 2 N–H and O–H groups in total. The number of thioether (sulfide) groups is 1. The monoisotopic (exact) mass is 326 g/mol. The maximum Gasteiger partial charge on any atom is 0.202 e. The zero-order valence-corrected chi connectivity index (χ0v) is 12.6. The van der Waals surface area contributed by atoms with E-state index >= 15 is 0 Å². The maximum atomic E-state index is 6.03. The zero-order valence-electron chi connectivity index (χ0n) is 10.2. The number of nitrogens with two attached hydrogens (primary N) is 1. The summed E-state index contributed by atoms with van der Waals surface area (Å²) in [6.45, 7) is 0.908. The van der Waals surface area contributed by atoms with Crippen LogP contribution in [0.4, 0.5) is 5.95 Å². The number of imidazole rings is 1. The molecule has 0 bridgehead atoms. The number of nitrogens with zero attached hydrogens (tertiary/aromatic N) is 3. The summed E-state index contributed by atoms with van der Waals surface area (Å²) in [4.78, 5) is 8.83. The Morgan fingerprint density at radius 3 is 2.94 bits per heavy atom. The molecule has 0 radical (unpaired) electrons. The Bertz CT molecular complexity index is 586. The quantitative estimate of drug-likeness (QED) is 0.941. The van der Waals surface area contributed by atoms with E-state index in [1.165, 1.54) is 19.3 Å². The molecule has 0 amide bonds. The molecule has 3 rings (SSSR count). The lowest BCUT2D eigenvalue weighted by atomic mass is 9.84. The summed E-state index contributed by atoms with van der Waals surface area (Å²) < 4.78 is 3.32. The fourth-order valence-electron chi connectivity index (χ4n) is 2.45. The van der Waals surface area contributed by atoms with E-state index in [0.29, 0.717) is 10.7 Å². The normalized spacial score (nSPS) is 17.9. The highest BCUT2D eigenvalue weighted by molar-refractivity contribution is 9.10. The van der Waals surface area contributed by atoms with Crippen LogP contribution in [-0.2, 0) is 6.54 Å². The van der Waals surface area contributed by atoms with Gasteiger partial charge in [-0.25, -0.2) is 9.97 Å². The minimum Gasteiger partial charge on any atom is -0.369 e. The summed E-state index contributed by atoms with van der Waals surface area (Å²) in [5.41, 5.74) is 7.78. The minimum absolute atomic E-state index is 0.330. The topological polar surface area (TPSA) is 56.7 Å². The molecule has 0 aromatic carbocycles. The summed E-state index contributed by atoms with van der Waals surface area (Å²) in [5, 5.41) is 0. The second-order valence-corrected chi connectivity index (χ2v) is 6.98. The molecule has 1 aliphatic carbocycles. The maximum absolute atomic E-state index is 6.03. The molecular weight excluding hydrogens is 312 g/mol. The molecule has 1 aliphatic rings. The van der Waals surface area contributed by atoms with Gasteiger partial charge in [0.25, 0.3) is 0 Å². The van der Waals surface area contributed by atoms with E-state index in [0.717, 1.165) is 22.2 Å². The first-order valence-electron chi connectivity index (χ1n) is 5.96. The molecule has 0 aliphatic heterocycles. The number of halogens is 1. The van der Waals surface area contributed by atoms with Crippen LogP contribution in [0.1, 0.15) is 19.3 Å². The molecule has 0 saturated heterocycles. The molecule has 2 heterocycles. The van der Waals surface area contributed by atoms with E-state index in [-0.39, 0.29) is 0 Å². The molecule has 0 atom stereocenters. The van der Waals surface area contributed by atoms with Gasteiger partial charge in [0.15, 0.2) is 5.65 Å². The van der Waals surface area contributed by atoms with Crippen LogP contribution < -0.4 is 5.73 Å². The molecule has 2 aromatic heterocycles. The van der Waals surface area contributed by atoms with E-state index in [9.17, 15) is 0 Å². The number of pyridine rings is 1. The van der Waals surface area contributed by atoms with Crippen molar-refractivity contribution in [1.29, 1.82) is 0 Å². The van der Waals surface area contributed by atoms with Crippen molar-refractivity contribution in [3.8, 4) is 0 Å². The van der Waals surface area contributed by atoms with Crippen LogP contribution in [0.5, 0.6) is 0 Å². The molecular formula is C12H15BrN4S. The van der Waals surface area contributed by atoms with Crippen molar-refractivity contribution in [2.24, 2.45) is 0 Å². The van der Waals surface area contributed by atoms with E-state index in [2.05, 4.69) is 36.7 Å². The molecule has 96 valence electrons. The van der Waals surface area contributed by atoms with Crippen molar-refractivity contribution in [3.05, 3.63) is 16.7 Å². The number of aromatic nitrogens is 3. The zero-order chi connectivity index (χ0) is 12.8. The SMILES string of the molecule is CSC1(Cn2c(N)nc3cc(Br)cnc32)CCC1. The first kappa shape index (κ1) is 12.3. The highest BCUT2D eigenvalue weighted by Crippen LogP contribution is 2.44. The average molecular weight is 327 g/mol. The van der Waals surface area contributed by atoms with Gasteiger partial charge in [0, 0.05) is 22.0 Å². The minimum atomic E-state index is 0.330. The standard InChI is InChI=1S/C12H15BrN4S/c1-18-12(3-2-4-12)7-17-10-9(16-11(17)14)5-8(13)6-15-10/h5-6H,2-4,7H2,1H3,(H2,14,16). The van der Waals surface area contributed by atoms with Crippen LogP contribution in [0.15, 0.2) is 16.7 Å². The number of rotatable bonds is 3. The first-order chi connectivity index (χ1) is 8.63. The summed E-state index contributed by atoms with van der Waals surface area (Å²) >= 11 is 5.35. The van der Waals surface area contributed by atoms with Crippen molar-refractivity contribution in [2.45, 2.75) is 30.6 Å². The van der Waals surface area contributed by atoms with Crippen LogP contribution in [0.25, 0.3) is 11.2 Å². The average Bonchev–Trinajstić information content (AvgIpc) is 2.59. The Balaban J connectivity index is 2.03. The van der Waals surface area contributed by atoms with Crippen molar-refractivity contribution >= 4 is 44.8 Å². The summed E-state index contributed by atoms with van der Waals surface area (Å²) in [7, 11) is 0. The van der Waals surface area contributed by atoms with Gasteiger partial charge in [-0.05, 0) is 41.1 Å². The predicted molar refractivity (Wildman–Crippen MR) is 79.7 cm³/mol. The molecule has 0 unspecified atom stereocenters. The summed E-state index contributed by atoms with van der Waals surface area (Å²) in [6, 6.07) is 1.96. The van der Waals surface area contributed by atoms with Crippen molar-refractivity contribution < 1.29 is 0 Å². The van der Waals surface area contributed by atoms with Gasteiger partial charge in [0.05, 0.1) is 0 Å². The van der Waals surface area contributed by atoms with Crippen LogP contribution in [0.3, 0.4) is 0 Å². The predicted octanol–water partition coefficient (Wildman–Crippen LogP) is 3.06. The Hall–Kier alpha value is -0.750. The lowest BCUT2D eigenvalue weighted by Crippen LogP contribution is -2.38. The third-order valence-electron chi connectivity index (χ3n) is 3.73. The molecule has 1 saturated carbocycles. The molecule has 18 heavy (non-hydrogen) atoms. The van der Waals surface area contributed by atoms with Crippen LogP contribution >= 0.6 is 27.7 Å². The van der Waals surface area contributed by atoms with Gasteiger partial charge in [-0.2, -0.15) is 11.8 Å². The molecule has 1 fully saturated rings. The molecule has 6 heteroatoms. The third-order valence-corrected chi connectivity index (χ3v) is 5.56. The Kier molecular flexibility index (Phi) is 3.02. The second kappa shape index (κ2) is 4.42. The number of hydrogen-bond donors (Lipinski definition) is 1. The van der Waals surface area contributed by atoms with E-state index in [1.54, 1.807) is 6.20 Å². The number of hydrogen-bond acceptors (Lipinski definition) is 4. The van der Waals surface area contributed by atoms with E-state index < -0.39 is 0 Å². The van der Waals surface area contributed by atoms with Crippen molar-refractivity contribution in [2.75, 3.05) is 12.0 Å². The summed E-state index contributed by atoms with van der Waals surface area (Å²) in [5.74, 6) is 0.566. The fraction of sp³-hybridized carbons (Fsp3) is 0.500. The van der Waals surface area contributed by atoms with Crippen LogP contribution in [-0.4, -0.2) is 25.5 Å². The Labute approximate surface area is 118 Å². The number of nitrogen functional groups attached to an aromatic ring is 1. The highest BCUT2D eigenvalue weighted by atomic mass is 79.9. The van der Waals surface area contributed by atoms with Gasteiger partial charge < -0.3 is 5.73 Å². The number of anilines is 1.